The standard InChI is InChI=1S/C16H17N3O4/c1-8-5-6-12-13(18-9(2)20)7-14(19-10(3)21)16(15(12)17-8)23-11(4)22/h5-7H,1-4H3,(H,18,20)(H,19,21). The molecule has 1 heterocycles. The van der Waals surface area contributed by atoms with Gasteiger partial charge in [0.1, 0.15) is 5.52 Å². The summed E-state index contributed by atoms with van der Waals surface area (Å²) in [7, 11) is 0. The average molecular weight is 315 g/mol. The van der Waals surface area contributed by atoms with Gasteiger partial charge in [0, 0.05) is 31.9 Å². The van der Waals surface area contributed by atoms with Crippen molar-refractivity contribution < 1.29 is 19.1 Å². The number of nitrogens with zero attached hydrogens (tertiary/aromatic N) is 1. The SMILES string of the molecule is CC(=O)Nc1cc(NC(C)=O)c2ccc(C)nc2c1OC(C)=O. The van der Waals surface area contributed by atoms with E-state index in [0.29, 0.717) is 22.3 Å². The van der Waals surface area contributed by atoms with Gasteiger partial charge in [-0.3, -0.25) is 14.4 Å². The Morgan fingerprint density at radius 2 is 1.61 bits per heavy atom. The predicted molar refractivity (Wildman–Crippen MR) is 86.4 cm³/mol. The summed E-state index contributed by atoms with van der Waals surface area (Å²) < 4.78 is 5.25. The lowest BCUT2D eigenvalue weighted by Gasteiger charge is -2.16. The smallest absolute Gasteiger partial charge is 0.308 e. The van der Waals surface area contributed by atoms with Crippen LogP contribution in [-0.4, -0.2) is 22.8 Å². The summed E-state index contributed by atoms with van der Waals surface area (Å²) in [5, 5.41) is 5.89. The van der Waals surface area contributed by atoms with Crippen LogP contribution in [0.5, 0.6) is 5.75 Å². The summed E-state index contributed by atoms with van der Waals surface area (Å²) >= 11 is 0. The minimum absolute atomic E-state index is 0.153. The summed E-state index contributed by atoms with van der Waals surface area (Å²) in [4.78, 5) is 38.6. The van der Waals surface area contributed by atoms with Gasteiger partial charge in [-0.2, -0.15) is 0 Å². The average Bonchev–Trinajstić information content (AvgIpc) is 2.41. The van der Waals surface area contributed by atoms with Gasteiger partial charge < -0.3 is 15.4 Å². The molecule has 2 rings (SSSR count). The number of hydrogen-bond acceptors (Lipinski definition) is 5. The Morgan fingerprint density at radius 3 is 2.17 bits per heavy atom. The minimum atomic E-state index is -0.534. The van der Waals surface area contributed by atoms with Gasteiger partial charge in [-0.25, -0.2) is 4.98 Å². The molecule has 23 heavy (non-hydrogen) atoms. The second kappa shape index (κ2) is 6.43. The van der Waals surface area contributed by atoms with E-state index < -0.39 is 5.97 Å². The number of carbonyl (C=O) groups excluding carboxylic acids is 3. The van der Waals surface area contributed by atoms with Crippen LogP contribution in [0.15, 0.2) is 18.2 Å². The number of fused-ring (bicyclic) bond motifs is 1. The van der Waals surface area contributed by atoms with Crippen molar-refractivity contribution >= 4 is 40.1 Å². The fraction of sp³-hybridized carbons (Fsp3) is 0.250. The molecule has 0 radical (unpaired) electrons. The highest BCUT2D eigenvalue weighted by atomic mass is 16.5. The Labute approximate surface area is 133 Å². The van der Waals surface area contributed by atoms with Gasteiger partial charge in [-0.05, 0) is 25.1 Å². The normalized spacial score (nSPS) is 10.3. The van der Waals surface area contributed by atoms with Crippen molar-refractivity contribution in [2.24, 2.45) is 0 Å². The first kappa shape index (κ1) is 16.4. The molecule has 7 nitrogen and oxygen atoms in total. The van der Waals surface area contributed by atoms with Crippen molar-refractivity contribution in [1.29, 1.82) is 0 Å². The summed E-state index contributed by atoms with van der Waals surface area (Å²) in [6.07, 6.45) is 0. The van der Waals surface area contributed by atoms with Crippen molar-refractivity contribution in [3.8, 4) is 5.75 Å². The Morgan fingerprint density at radius 1 is 1.00 bits per heavy atom. The molecule has 2 N–H and O–H groups in total. The highest BCUT2D eigenvalue weighted by Crippen LogP contribution is 2.38. The lowest BCUT2D eigenvalue weighted by molar-refractivity contribution is -0.131. The third kappa shape index (κ3) is 3.82. The maximum absolute atomic E-state index is 11.4. The van der Waals surface area contributed by atoms with E-state index in [-0.39, 0.29) is 23.3 Å². The Bertz CT molecular complexity index is 815. The number of esters is 1. The number of pyridine rings is 1. The van der Waals surface area contributed by atoms with Gasteiger partial charge in [0.15, 0.2) is 5.75 Å². The number of ether oxygens (including phenoxy) is 1. The van der Waals surface area contributed by atoms with Crippen LogP contribution < -0.4 is 15.4 Å². The molecule has 0 bridgehead atoms. The first-order valence-electron chi connectivity index (χ1n) is 6.96. The molecule has 7 heteroatoms. The number of hydrogen-bond donors (Lipinski definition) is 2. The molecule has 1 aromatic carbocycles. The zero-order valence-corrected chi connectivity index (χ0v) is 13.3. The molecular formula is C16H17N3O4. The number of nitrogens with one attached hydrogen (secondary N) is 2. The van der Waals surface area contributed by atoms with E-state index in [1.807, 2.05) is 0 Å². The fourth-order valence-electron chi connectivity index (χ4n) is 2.18. The van der Waals surface area contributed by atoms with Crippen LogP contribution in [0.25, 0.3) is 10.9 Å². The molecule has 1 aromatic heterocycles. The third-order valence-electron chi connectivity index (χ3n) is 2.94. The predicted octanol–water partition coefficient (Wildman–Crippen LogP) is 2.39. The van der Waals surface area contributed by atoms with Crippen molar-refractivity contribution in [3.63, 3.8) is 0 Å². The van der Waals surface area contributed by atoms with Crippen molar-refractivity contribution in [3.05, 3.63) is 23.9 Å². The van der Waals surface area contributed by atoms with Gasteiger partial charge in [-0.15, -0.1) is 0 Å². The van der Waals surface area contributed by atoms with E-state index in [1.165, 1.54) is 20.8 Å². The summed E-state index contributed by atoms with van der Waals surface area (Å²) in [5.41, 5.74) is 1.83. The lowest BCUT2D eigenvalue weighted by Crippen LogP contribution is -2.13. The van der Waals surface area contributed by atoms with Crippen LogP contribution in [0.2, 0.25) is 0 Å². The molecule has 2 amide bonds. The molecule has 0 aliphatic rings. The second-order valence-electron chi connectivity index (χ2n) is 5.11. The molecule has 0 aliphatic carbocycles. The van der Waals surface area contributed by atoms with E-state index >= 15 is 0 Å². The first-order valence-corrected chi connectivity index (χ1v) is 6.96. The highest BCUT2D eigenvalue weighted by Gasteiger charge is 2.18. The van der Waals surface area contributed by atoms with Crippen LogP contribution in [0, 0.1) is 6.92 Å². The molecule has 0 aliphatic heterocycles. The highest BCUT2D eigenvalue weighted by molar-refractivity contribution is 6.07. The van der Waals surface area contributed by atoms with E-state index in [9.17, 15) is 14.4 Å². The maximum atomic E-state index is 11.4. The Hall–Kier alpha value is -2.96. The number of amides is 2. The van der Waals surface area contributed by atoms with Crippen molar-refractivity contribution in [1.82, 2.24) is 4.98 Å². The fourth-order valence-corrected chi connectivity index (χ4v) is 2.18. The molecule has 0 spiro atoms. The van der Waals surface area contributed by atoms with E-state index in [0.717, 1.165) is 0 Å². The van der Waals surface area contributed by atoms with Crippen LogP contribution in [-0.2, 0) is 14.4 Å². The lowest BCUT2D eigenvalue weighted by atomic mass is 10.1. The zero-order valence-electron chi connectivity index (χ0n) is 13.3. The van der Waals surface area contributed by atoms with E-state index in [1.54, 1.807) is 25.1 Å². The quantitative estimate of drug-likeness (QED) is 0.669. The molecule has 0 saturated carbocycles. The molecule has 120 valence electrons. The Kier molecular flexibility index (Phi) is 4.59. The van der Waals surface area contributed by atoms with Gasteiger partial charge in [0.05, 0.1) is 11.4 Å². The number of carbonyl (C=O) groups is 3. The van der Waals surface area contributed by atoms with Crippen LogP contribution in [0.4, 0.5) is 11.4 Å². The number of benzene rings is 1. The molecule has 0 saturated heterocycles. The molecule has 0 fully saturated rings. The van der Waals surface area contributed by atoms with Crippen LogP contribution >= 0.6 is 0 Å². The third-order valence-corrected chi connectivity index (χ3v) is 2.94. The number of aryl methyl sites for hydroxylation is 1. The minimum Gasteiger partial charge on any atom is -0.422 e. The zero-order chi connectivity index (χ0) is 17.1. The summed E-state index contributed by atoms with van der Waals surface area (Å²) in [5.74, 6) is -0.978. The molecule has 0 atom stereocenters. The van der Waals surface area contributed by atoms with Crippen LogP contribution in [0.1, 0.15) is 26.5 Å². The van der Waals surface area contributed by atoms with Crippen molar-refractivity contribution in [2.45, 2.75) is 27.7 Å². The van der Waals surface area contributed by atoms with E-state index in [4.69, 9.17) is 4.74 Å². The molecule has 0 unspecified atom stereocenters. The van der Waals surface area contributed by atoms with E-state index in [2.05, 4.69) is 15.6 Å². The van der Waals surface area contributed by atoms with Gasteiger partial charge in [0.25, 0.3) is 0 Å². The monoisotopic (exact) mass is 315 g/mol. The maximum Gasteiger partial charge on any atom is 0.308 e. The molecule has 2 aromatic rings. The topological polar surface area (TPSA) is 97.4 Å². The van der Waals surface area contributed by atoms with Gasteiger partial charge in [0.2, 0.25) is 11.8 Å². The number of anilines is 2. The summed E-state index contributed by atoms with van der Waals surface area (Å²) in [6, 6.07) is 5.09. The molecular weight excluding hydrogens is 298 g/mol. The van der Waals surface area contributed by atoms with Crippen molar-refractivity contribution in [2.75, 3.05) is 10.6 Å². The number of aromatic nitrogens is 1. The number of rotatable bonds is 3. The summed E-state index contributed by atoms with van der Waals surface area (Å²) in [6.45, 7) is 5.77. The largest absolute Gasteiger partial charge is 0.422 e. The second-order valence-corrected chi connectivity index (χ2v) is 5.11. The van der Waals surface area contributed by atoms with Gasteiger partial charge in [-0.1, -0.05) is 0 Å². The Balaban J connectivity index is 2.80. The first-order chi connectivity index (χ1) is 10.8. The van der Waals surface area contributed by atoms with Crippen LogP contribution in [0.3, 0.4) is 0 Å². The van der Waals surface area contributed by atoms with Gasteiger partial charge >= 0.3 is 5.97 Å².